The standard InChI is InChI=1S/C17H15Cl2NO3Si/c1-24(2,3)9-8-12-10-16(19)17(11-15(12)18)23-14-6-4-13(5-7-14)20(21)22/h4-7,10-11H,1-3H3. The summed E-state index contributed by atoms with van der Waals surface area (Å²) in [5, 5.41) is 11.5. The predicted molar refractivity (Wildman–Crippen MR) is 99.9 cm³/mol. The van der Waals surface area contributed by atoms with E-state index < -0.39 is 13.0 Å². The number of halogens is 2. The van der Waals surface area contributed by atoms with Gasteiger partial charge in [-0.15, -0.1) is 5.54 Å². The molecule has 0 fully saturated rings. The molecule has 0 spiro atoms. The molecular weight excluding hydrogens is 365 g/mol. The van der Waals surface area contributed by atoms with Crippen LogP contribution in [0.2, 0.25) is 29.7 Å². The van der Waals surface area contributed by atoms with Gasteiger partial charge in [0.15, 0.2) is 0 Å². The molecule has 0 saturated carbocycles. The van der Waals surface area contributed by atoms with Crippen molar-refractivity contribution in [1.29, 1.82) is 0 Å². The van der Waals surface area contributed by atoms with Gasteiger partial charge in [-0.25, -0.2) is 0 Å². The minimum atomic E-state index is -1.52. The first kappa shape index (κ1) is 18.3. The number of non-ortho nitro benzene ring substituents is 1. The van der Waals surface area contributed by atoms with Crippen LogP contribution < -0.4 is 4.74 Å². The van der Waals surface area contributed by atoms with Crippen molar-refractivity contribution in [3.63, 3.8) is 0 Å². The monoisotopic (exact) mass is 379 g/mol. The van der Waals surface area contributed by atoms with E-state index in [2.05, 4.69) is 31.1 Å². The maximum Gasteiger partial charge on any atom is 0.269 e. The van der Waals surface area contributed by atoms with Crippen molar-refractivity contribution in [3.8, 4) is 23.0 Å². The van der Waals surface area contributed by atoms with Crippen molar-refractivity contribution in [2.24, 2.45) is 0 Å². The Morgan fingerprint density at radius 3 is 2.25 bits per heavy atom. The molecule has 4 nitrogen and oxygen atoms in total. The molecule has 2 rings (SSSR count). The summed E-state index contributed by atoms with van der Waals surface area (Å²) in [6, 6.07) is 8.98. The first-order chi connectivity index (χ1) is 11.2. The van der Waals surface area contributed by atoms with E-state index in [9.17, 15) is 10.1 Å². The lowest BCUT2D eigenvalue weighted by atomic mass is 10.2. The van der Waals surface area contributed by atoms with Crippen molar-refractivity contribution < 1.29 is 9.66 Å². The summed E-state index contributed by atoms with van der Waals surface area (Å²) in [5.74, 6) is 3.87. The molecule has 0 aliphatic heterocycles. The van der Waals surface area contributed by atoms with Gasteiger partial charge >= 0.3 is 0 Å². The highest BCUT2D eigenvalue weighted by molar-refractivity contribution is 6.83. The number of hydrogen-bond acceptors (Lipinski definition) is 3. The Hall–Kier alpha value is -2.00. The lowest BCUT2D eigenvalue weighted by Gasteiger charge is -2.09. The average Bonchev–Trinajstić information content (AvgIpc) is 2.49. The molecule has 2 aromatic rings. The Morgan fingerprint density at radius 2 is 1.71 bits per heavy atom. The molecule has 7 heteroatoms. The zero-order valence-corrected chi connectivity index (χ0v) is 15.9. The van der Waals surface area contributed by atoms with Gasteiger partial charge in [0.25, 0.3) is 5.69 Å². The van der Waals surface area contributed by atoms with Crippen LogP contribution in [-0.4, -0.2) is 13.0 Å². The highest BCUT2D eigenvalue weighted by atomic mass is 35.5. The normalized spacial score (nSPS) is 10.7. The average molecular weight is 380 g/mol. The molecule has 0 saturated heterocycles. The predicted octanol–water partition coefficient (Wildman–Crippen LogP) is 5.92. The first-order valence-corrected chi connectivity index (χ1v) is 11.4. The van der Waals surface area contributed by atoms with E-state index in [1.807, 2.05) is 0 Å². The van der Waals surface area contributed by atoms with E-state index in [4.69, 9.17) is 27.9 Å². The fraction of sp³-hybridized carbons (Fsp3) is 0.176. The van der Waals surface area contributed by atoms with Gasteiger partial charge in [0, 0.05) is 23.8 Å². The number of nitro groups is 1. The van der Waals surface area contributed by atoms with Crippen LogP contribution in [0.5, 0.6) is 11.5 Å². The van der Waals surface area contributed by atoms with Crippen LogP contribution in [0.25, 0.3) is 0 Å². The Balaban J connectivity index is 2.27. The molecule has 0 radical (unpaired) electrons. The summed E-state index contributed by atoms with van der Waals surface area (Å²) >= 11 is 12.5. The summed E-state index contributed by atoms with van der Waals surface area (Å²) in [5.41, 5.74) is 3.88. The summed E-state index contributed by atoms with van der Waals surface area (Å²) in [6.45, 7) is 6.42. The third-order valence-corrected chi connectivity index (χ3v) is 4.35. The molecule has 0 aliphatic carbocycles. The largest absolute Gasteiger partial charge is 0.456 e. The molecule has 124 valence electrons. The van der Waals surface area contributed by atoms with Crippen molar-refractivity contribution in [2.45, 2.75) is 19.6 Å². The van der Waals surface area contributed by atoms with Crippen LogP contribution in [0, 0.1) is 21.6 Å². The molecular formula is C17H15Cl2NO3Si. The molecule has 0 N–H and O–H groups in total. The molecule has 2 aromatic carbocycles. The summed E-state index contributed by atoms with van der Waals surface area (Å²) in [4.78, 5) is 10.2. The van der Waals surface area contributed by atoms with E-state index in [0.717, 1.165) is 0 Å². The minimum absolute atomic E-state index is 0.0107. The fourth-order valence-corrected chi connectivity index (χ4v) is 2.63. The molecule has 0 unspecified atom stereocenters. The molecule has 0 amide bonds. The van der Waals surface area contributed by atoms with E-state index >= 15 is 0 Å². The zero-order valence-electron chi connectivity index (χ0n) is 13.4. The summed E-state index contributed by atoms with van der Waals surface area (Å²) < 4.78 is 5.65. The lowest BCUT2D eigenvalue weighted by Crippen LogP contribution is -2.16. The quantitative estimate of drug-likeness (QED) is 0.287. The maximum absolute atomic E-state index is 10.7. The van der Waals surface area contributed by atoms with E-state index in [-0.39, 0.29) is 5.69 Å². The molecule has 0 heterocycles. The number of rotatable bonds is 3. The number of nitrogens with zero attached hydrogens (tertiary/aromatic N) is 1. The van der Waals surface area contributed by atoms with Gasteiger partial charge in [0.1, 0.15) is 19.6 Å². The number of benzene rings is 2. The molecule has 0 aromatic heterocycles. The minimum Gasteiger partial charge on any atom is -0.456 e. The van der Waals surface area contributed by atoms with Crippen LogP contribution in [0.3, 0.4) is 0 Å². The van der Waals surface area contributed by atoms with Gasteiger partial charge in [0.2, 0.25) is 0 Å². The van der Waals surface area contributed by atoms with E-state index in [0.29, 0.717) is 27.1 Å². The van der Waals surface area contributed by atoms with Gasteiger partial charge in [0.05, 0.1) is 15.0 Å². The van der Waals surface area contributed by atoms with Gasteiger partial charge in [-0.1, -0.05) is 48.8 Å². The van der Waals surface area contributed by atoms with Crippen molar-refractivity contribution in [1.82, 2.24) is 0 Å². The Kier molecular flexibility index (Phi) is 5.55. The van der Waals surface area contributed by atoms with Gasteiger partial charge in [-0.05, 0) is 18.2 Å². The van der Waals surface area contributed by atoms with Gasteiger partial charge in [-0.3, -0.25) is 10.1 Å². The third-order valence-electron chi connectivity index (χ3n) is 2.87. The van der Waals surface area contributed by atoms with Crippen LogP contribution in [0.15, 0.2) is 36.4 Å². The second-order valence-electron chi connectivity index (χ2n) is 6.12. The summed E-state index contributed by atoms with van der Waals surface area (Å²) in [6.07, 6.45) is 0. The molecule has 0 bridgehead atoms. The Morgan fingerprint density at radius 1 is 1.08 bits per heavy atom. The molecule has 0 aliphatic rings. The second-order valence-corrected chi connectivity index (χ2v) is 11.7. The smallest absolute Gasteiger partial charge is 0.269 e. The lowest BCUT2D eigenvalue weighted by molar-refractivity contribution is -0.384. The van der Waals surface area contributed by atoms with Crippen molar-refractivity contribution >= 4 is 37.0 Å². The second kappa shape index (κ2) is 7.26. The first-order valence-electron chi connectivity index (χ1n) is 7.10. The molecule has 0 atom stereocenters. The van der Waals surface area contributed by atoms with Crippen LogP contribution in [0.1, 0.15) is 5.56 Å². The Labute approximate surface area is 151 Å². The van der Waals surface area contributed by atoms with Crippen LogP contribution in [-0.2, 0) is 0 Å². The number of hydrogen-bond donors (Lipinski definition) is 0. The van der Waals surface area contributed by atoms with Crippen molar-refractivity contribution in [2.75, 3.05) is 0 Å². The Bertz CT molecular complexity index is 834. The number of nitro benzene ring substituents is 1. The third kappa shape index (κ3) is 5.00. The SMILES string of the molecule is C[Si](C)(C)C#Cc1cc(Cl)c(Oc2ccc([N+](=O)[O-])cc2)cc1Cl. The van der Waals surface area contributed by atoms with Crippen LogP contribution >= 0.6 is 23.2 Å². The highest BCUT2D eigenvalue weighted by Crippen LogP contribution is 2.34. The van der Waals surface area contributed by atoms with E-state index in [1.54, 1.807) is 12.1 Å². The van der Waals surface area contributed by atoms with Gasteiger partial charge in [-0.2, -0.15) is 0 Å². The topological polar surface area (TPSA) is 52.4 Å². The molecule has 24 heavy (non-hydrogen) atoms. The zero-order chi connectivity index (χ0) is 17.9. The summed E-state index contributed by atoms with van der Waals surface area (Å²) in [7, 11) is -1.52. The van der Waals surface area contributed by atoms with Crippen LogP contribution in [0.4, 0.5) is 5.69 Å². The fourth-order valence-electron chi connectivity index (χ4n) is 1.72. The van der Waals surface area contributed by atoms with E-state index in [1.165, 1.54) is 24.3 Å². The highest BCUT2D eigenvalue weighted by Gasteiger charge is 2.12. The number of ether oxygens (including phenoxy) is 1. The van der Waals surface area contributed by atoms with Gasteiger partial charge < -0.3 is 4.74 Å². The van der Waals surface area contributed by atoms with Crippen molar-refractivity contribution in [3.05, 3.63) is 62.1 Å². The maximum atomic E-state index is 10.7.